The normalized spacial score (nSPS) is 25.7. The Hall–Kier alpha value is -1.65. The summed E-state index contributed by atoms with van der Waals surface area (Å²) in [4.78, 5) is 12.9. The average Bonchev–Trinajstić information content (AvgIpc) is 3.11. The minimum absolute atomic E-state index is 0.339. The van der Waals surface area contributed by atoms with Crippen LogP contribution in [0.1, 0.15) is 51.2 Å². The predicted molar refractivity (Wildman–Crippen MR) is 124 cm³/mol. The monoisotopic (exact) mass is 425 g/mol. The first-order valence-electron chi connectivity index (χ1n) is 10.4. The van der Waals surface area contributed by atoms with Crippen molar-refractivity contribution in [3.8, 4) is 11.1 Å². The first-order valence-corrected chi connectivity index (χ1v) is 11.7. The predicted octanol–water partition coefficient (Wildman–Crippen LogP) is 7.03. The molecule has 29 heavy (non-hydrogen) atoms. The number of thiophene rings is 1. The van der Waals surface area contributed by atoms with Crippen molar-refractivity contribution in [2.24, 2.45) is 10.8 Å². The van der Waals surface area contributed by atoms with Crippen molar-refractivity contribution >= 4 is 39.0 Å². The van der Waals surface area contributed by atoms with E-state index in [0.717, 1.165) is 17.2 Å². The quantitative estimate of drug-likeness (QED) is 0.412. The van der Waals surface area contributed by atoms with Crippen molar-refractivity contribution in [3.63, 3.8) is 0 Å². The standard InChI is InChI=1S/C24H28ClN3S/c1-14-6-7-17(15(2)8-14)18-11-29-21-19(18)20(26-22(25)27-21)28-13-24(5)10-16(28)9-23(3,4)12-24/h6-8,11,16H,9-10,12-13H2,1-5H3. The Morgan fingerprint density at radius 1 is 1.10 bits per heavy atom. The number of fused-ring (bicyclic) bond motifs is 3. The van der Waals surface area contributed by atoms with Crippen LogP contribution in [-0.4, -0.2) is 22.6 Å². The number of anilines is 1. The van der Waals surface area contributed by atoms with Crippen LogP contribution in [-0.2, 0) is 0 Å². The number of hydrogen-bond donors (Lipinski definition) is 0. The van der Waals surface area contributed by atoms with E-state index >= 15 is 0 Å². The molecule has 0 N–H and O–H groups in total. The number of halogens is 1. The molecule has 3 aromatic rings. The topological polar surface area (TPSA) is 29.0 Å². The van der Waals surface area contributed by atoms with E-state index in [4.69, 9.17) is 16.6 Å². The Kier molecular flexibility index (Phi) is 4.28. The second-order valence-electron chi connectivity index (χ2n) is 10.3. The maximum atomic E-state index is 6.40. The first-order chi connectivity index (χ1) is 13.6. The van der Waals surface area contributed by atoms with Gasteiger partial charge in [-0.2, -0.15) is 4.98 Å². The zero-order valence-corrected chi connectivity index (χ0v) is 19.4. The van der Waals surface area contributed by atoms with Gasteiger partial charge in [-0.25, -0.2) is 4.98 Å². The van der Waals surface area contributed by atoms with E-state index in [0.29, 0.717) is 22.2 Å². The average molecular weight is 426 g/mol. The van der Waals surface area contributed by atoms with Crippen LogP contribution in [0.2, 0.25) is 5.28 Å². The van der Waals surface area contributed by atoms with Crippen molar-refractivity contribution in [1.29, 1.82) is 0 Å². The number of nitrogens with zero attached hydrogens (tertiary/aromatic N) is 3. The van der Waals surface area contributed by atoms with Gasteiger partial charge in [-0.3, -0.25) is 0 Å². The molecule has 1 aromatic carbocycles. The van der Waals surface area contributed by atoms with Gasteiger partial charge < -0.3 is 4.90 Å². The van der Waals surface area contributed by atoms with Gasteiger partial charge in [-0.1, -0.05) is 44.5 Å². The van der Waals surface area contributed by atoms with Gasteiger partial charge in [0.1, 0.15) is 10.6 Å². The number of benzene rings is 1. The van der Waals surface area contributed by atoms with Gasteiger partial charge in [0.2, 0.25) is 5.28 Å². The van der Waals surface area contributed by atoms with Crippen molar-refractivity contribution in [1.82, 2.24) is 9.97 Å². The van der Waals surface area contributed by atoms with Crippen molar-refractivity contribution < 1.29 is 0 Å². The van der Waals surface area contributed by atoms with Crippen LogP contribution in [0.15, 0.2) is 23.6 Å². The molecule has 0 amide bonds. The number of rotatable bonds is 2. The summed E-state index contributed by atoms with van der Waals surface area (Å²) in [6, 6.07) is 7.19. The molecule has 5 heteroatoms. The smallest absolute Gasteiger partial charge is 0.225 e. The van der Waals surface area contributed by atoms with Gasteiger partial charge in [0.15, 0.2) is 0 Å². The van der Waals surface area contributed by atoms with E-state index in [9.17, 15) is 0 Å². The molecular weight excluding hydrogens is 398 g/mol. The summed E-state index contributed by atoms with van der Waals surface area (Å²) in [6.45, 7) is 12.6. The zero-order valence-electron chi connectivity index (χ0n) is 17.8. The fraction of sp³-hybridized carbons (Fsp3) is 0.500. The number of hydrogen-bond acceptors (Lipinski definition) is 4. The lowest BCUT2D eigenvalue weighted by molar-refractivity contribution is 0.136. The van der Waals surface area contributed by atoms with Crippen LogP contribution < -0.4 is 4.90 Å². The van der Waals surface area contributed by atoms with Crippen molar-refractivity contribution in [3.05, 3.63) is 40.0 Å². The highest BCUT2D eigenvalue weighted by atomic mass is 35.5. The molecule has 1 aliphatic heterocycles. The van der Waals surface area contributed by atoms with E-state index < -0.39 is 0 Å². The highest BCUT2D eigenvalue weighted by molar-refractivity contribution is 7.17. The van der Waals surface area contributed by atoms with Crippen LogP contribution in [0.25, 0.3) is 21.3 Å². The third-order valence-electron chi connectivity index (χ3n) is 6.75. The molecule has 3 heterocycles. The number of aryl methyl sites for hydroxylation is 2. The third-order valence-corrected chi connectivity index (χ3v) is 7.79. The molecule has 1 aliphatic carbocycles. The van der Waals surface area contributed by atoms with Crippen molar-refractivity contribution in [2.75, 3.05) is 11.4 Å². The summed E-state index contributed by atoms with van der Waals surface area (Å²) in [6.07, 6.45) is 3.71. The Morgan fingerprint density at radius 2 is 1.90 bits per heavy atom. The second-order valence-corrected chi connectivity index (χ2v) is 11.5. The molecule has 2 aromatic heterocycles. The van der Waals surface area contributed by atoms with Crippen molar-refractivity contribution in [2.45, 2.75) is 59.9 Å². The first kappa shape index (κ1) is 19.3. The van der Waals surface area contributed by atoms with Gasteiger partial charge >= 0.3 is 0 Å². The fourth-order valence-electron chi connectivity index (χ4n) is 6.13. The molecule has 2 bridgehead atoms. The molecule has 2 aliphatic rings. The Bertz CT molecular complexity index is 1120. The summed E-state index contributed by atoms with van der Waals surface area (Å²) in [5.74, 6) is 1.03. The fourth-order valence-corrected chi connectivity index (χ4v) is 7.27. The van der Waals surface area contributed by atoms with E-state index in [2.05, 4.69) is 68.1 Å². The van der Waals surface area contributed by atoms with E-state index in [1.165, 1.54) is 46.9 Å². The highest BCUT2D eigenvalue weighted by Crippen LogP contribution is 2.54. The van der Waals surface area contributed by atoms with Gasteiger partial charge in [-0.15, -0.1) is 11.3 Å². The molecular formula is C24H28ClN3S. The molecule has 2 atom stereocenters. The number of aromatic nitrogens is 2. The van der Waals surface area contributed by atoms with E-state index in [1.807, 2.05) is 0 Å². The minimum Gasteiger partial charge on any atom is -0.352 e. The molecule has 1 saturated heterocycles. The third kappa shape index (κ3) is 3.25. The summed E-state index contributed by atoms with van der Waals surface area (Å²) in [5.41, 5.74) is 5.79. The second kappa shape index (κ2) is 6.42. The molecule has 5 rings (SSSR count). The lowest BCUT2D eigenvalue weighted by Gasteiger charge is -2.39. The summed E-state index contributed by atoms with van der Waals surface area (Å²) >= 11 is 8.07. The minimum atomic E-state index is 0.339. The Morgan fingerprint density at radius 3 is 2.66 bits per heavy atom. The molecule has 152 valence electrons. The maximum absolute atomic E-state index is 6.40. The van der Waals surface area contributed by atoms with Gasteiger partial charge in [0, 0.05) is 23.5 Å². The largest absolute Gasteiger partial charge is 0.352 e. The molecule has 3 nitrogen and oxygen atoms in total. The molecule has 2 fully saturated rings. The Balaban J connectivity index is 1.70. The molecule has 0 radical (unpaired) electrons. The lowest BCUT2D eigenvalue weighted by Crippen LogP contribution is -2.35. The van der Waals surface area contributed by atoms with Crippen LogP contribution in [0, 0.1) is 24.7 Å². The molecule has 0 spiro atoms. The van der Waals surface area contributed by atoms with Gasteiger partial charge in [-0.05, 0) is 66.7 Å². The van der Waals surface area contributed by atoms with Gasteiger partial charge in [0.25, 0.3) is 0 Å². The maximum Gasteiger partial charge on any atom is 0.225 e. The van der Waals surface area contributed by atoms with Crippen LogP contribution in [0.3, 0.4) is 0 Å². The molecule has 1 saturated carbocycles. The summed E-state index contributed by atoms with van der Waals surface area (Å²) in [5, 5.41) is 3.75. The Labute approximate surface area is 182 Å². The lowest BCUT2D eigenvalue weighted by atomic mass is 9.65. The van der Waals surface area contributed by atoms with E-state index in [-0.39, 0.29) is 0 Å². The van der Waals surface area contributed by atoms with Gasteiger partial charge in [0.05, 0.1) is 5.39 Å². The SMILES string of the molecule is Cc1ccc(-c2csc3nc(Cl)nc(N4CC5(C)CC4CC(C)(C)C5)c23)c(C)c1. The van der Waals surface area contributed by atoms with Crippen LogP contribution in [0.4, 0.5) is 5.82 Å². The van der Waals surface area contributed by atoms with Crippen LogP contribution >= 0.6 is 22.9 Å². The van der Waals surface area contributed by atoms with Crippen LogP contribution in [0.5, 0.6) is 0 Å². The summed E-state index contributed by atoms with van der Waals surface area (Å²) < 4.78 is 0. The van der Waals surface area contributed by atoms with E-state index in [1.54, 1.807) is 11.3 Å². The summed E-state index contributed by atoms with van der Waals surface area (Å²) in [7, 11) is 0. The molecule has 2 unspecified atom stereocenters. The zero-order chi connectivity index (χ0) is 20.6. The highest BCUT2D eigenvalue weighted by Gasteiger charge is 2.50.